The van der Waals surface area contributed by atoms with Gasteiger partial charge in [-0.1, -0.05) is 24.3 Å². The van der Waals surface area contributed by atoms with Gasteiger partial charge < -0.3 is 14.8 Å². The number of ether oxygens (including phenoxy) is 2. The third kappa shape index (κ3) is 5.25. The number of halogens is 1. The molecular formula is C20H26BrNO2. The molecule has 0 aromatic heterocycles. The lowest BCUT2D eigenvalue weighted by Crippen LogP contribution is -2.35. The Morgan fingerprint density at radius 3 is 2.46 bits per heavy atom. The Balaban J connectivity index is 2.16. The summed E-state index contributed by atoms with van der Waals surface area (Å²) in [5.41, 5.74) is 3.61. The maximum absolute atomic E-state index is 6.03. The monoisotopic (exact) mass is 391 g/mol. The van der Waals surface area contributed by atoms with Gasteiger partial charge in [-0.15, -0.1) is 0 Å². The van der Waals surface area contributed by atoms with E-state index in [2.05, 4.69) is 67.1 Å². The van der Waals surface area contributed by atoms with Crippen LogP contribution in [0.3, 0.4) is 0 Å². The second-order valence-corrected chi connectivity index (χ2v) is 7.78. The zero-order chi connectivity index (χ0) is 17.7. The van der Waals surface area contributed by atoms with Gasteiger partial charge in [0.15, 0.2) is 11.5 Å². The number of hydrogen-bond donors (Lipinski definition) is 1. The lowest BCUT2D eigenvalue weighted by atomic mass is 10.1. The third-order valence-corrected chi connectivity index (χ3v) is 4.33. The van der Waals surface area contributed by atoms with E-state index in [4.69, 9.17) is 9.47 Å². The van der Waals surface area contributed by atoms with E-state index in [1.165, 1.54) is 11.1 Å². The molecule has 3 nitrogen and oxygen atoms in total. The lowest BCUT2D eigenvalue weighted by Gasteiger charge is -2.21. The summed E-state index contributed by atoms with van der Waals surface area (Å²) in [6.45, 7) is 9.83. The van der Waals surface area contributed by atoms with Gasteiger partial charge in [0.2, 0.25) is 0 Å². The minimum absolute atomic E-state index is 0.0692. The predicted octanol–water partition coefficient (Wildman–Crippen LogP) is 5.23. The highest BCUT2D eigenvalue weighted by atomic mass is 79.9. The molecule has 0 amide bonds. The Hall–Kier alpha value is -1.52. The summed E-state index contributed by atoms with van der Waals surface area (Å²) in [4.78, 5) is 0. The van der Waals surface area contributed by atoms with Gasteiger partial charge in [-0.3, -0.25) is 0 Å². The summed E-state index contributed by atoms with van der Waals surface area (Å²) in [5, 5.41) is 3.48. The van der Waals surface area contributed by atoms with Crippen LogP contribution in [0.1, 0.15) is 37.5 Å². The number of aryl methyl sites for hydroxylation is 1. The minimum atomic E-state index is 0.0692. The summed E-state index contributed by atoms with van der Waals surface area (Å²) in [6.07, 6.45) is 0. The molecule has 0 aliphatic heterocycles. The molecule has 0 fully saturated rings. The van der Waals surface area contributed by atoms with E-state index in [1.807, 2.05) is 18.2 Å². The van der Waals surface area contributed by atoms with Crippen molar-refractivity contribution in [2.45, 2.75) is 46.4 Å². The minimum Gasteiger partial charge on any atom is -0.493 e. The first kappa shape index (κ1) is 18.8. The van der Waals surface area contributed by atoms with Crippen molar-refractivity contribution in [1.29, 1.82) is 0 Å². The average Bonchev–Trinajstić information content (AvgIpc) is 2.52. The Morgan fingerprint density at radius 2 is 1.83 bits per heavy atom. The summed E-state index contributed by atoms with van der Waals surface area (Å²) in [6, 6.07) is 12.3. The molecule has 0 aliphatic rings. The van der Waals surface area contributed by atoms with Crippen LogP contribution in [0, 0.1) is 6.92 Å². The molecule has 0 atom stereocenters. The smallest absolute Gasteiger partial charge is 0.175 e. The largest absolute Gasteiger partial charge is 0.493 e. The topological polar surface area (TPSA) is 30.5 Å². The molecule has 0 saturated carbocycles. The molecule has 2 aromatic rings. The fourth-order valence-corrected chi connectivity index (χ4v) is 2.91. The van der Waals surface area contributed by atoms with E-state index in [0.717, 1.165) is 28.1 Å². The van der Waals surface area contributed by atoms with Crippen molar-refractivity contribution in [1.82, 2.24) is 5.32 Å². The standard InChI is InChI=1S/C20H26BrNO2/c1-14-8-6-7-9-16(14)13-24-19-17(21)10-15(11-18(19)23-5)12-22-20(2,3)4/h6-11,22H,12-13H2,1-5H3. The third-order valence-electron chi connectivity index (χ3n) is 3.75. The quantitative estimate of drug-likeness (QED) is 0.730. The van der Waals surface area contributed by atoms with Crippen LogP contribution in [-0.4, -0.2) is 12.6 Å². The first-order valence-corrected chi connectivity index (χ1v) is 8.88. The van der Waals surface area contributed by atoms with Crippen molar-refractivity contribution in [3.8, 4) is 11.5 Å². The molecule has 2 aromatic carbocycles. The Kier molecular flexibility index (Phi) is 6.30. The van der Waals surface area contributed by atoms with Gasteiger partial charge in [0.1, 0.15) is 6.61 Å². The van der Waals surface area contributed by atoms with Gasteiger partial charge in [0, 0.05) is 12.1 Å². The molecule has 0 aliphatic carbocycles. The van der Waals surface area contributed by atoms with Crippen LogP contribution < -0.4 is 14.8 Å². The summed E-state index contributed by atoms with van der Waals surface area (Å²) >= 11 is 3.62. The van der Waals surface area contributed by atoms with Crippen molar-refractivity contribution in [2.24, 2.45) is 0 Å². The summed E-state index contributed by atoms with van der Waals surface area (Å²) in [5.74, 6) is 1.48. The Morgan fingerprint density at radius 1 is 1.12 bits per heavy atom. The molecule has 2 rings (SSSR count). The van der Waals surface area contributed by atoms with Crippen molar-refractivity contribution in [3.63, 3.8) is 0 Å². The molecule has 0 unspecified atom stereocenters. The zero-order valence-electron chi connectivity index (χ0n) is 15.1. The predicted molar refractivity (Wildman–Crippen MR) is 103 cm³/mol. The number of benzene rings is 2. The first-order chi connectivity index (χ1) is 11.3. The number of nitrogens with one attached hydrogen (secondary N) is 1. The van der Waals surface area contributed by atoms with Gasteiger partial charge in [-0.05, 0) is 72.4 Å². The SMILES string of the molecule is COc1cc(CNC(C)(C)C)cc(Br)c1OCc1ccccc1C. The summed E-state index contributed by atoms with van der Waals surface area (Å²) in [7, 11) is 1.67. The molecule has 0 heterocycles. The van der Waals surface area contributed by atoms with Crippen molar-refractivity contribution >= 4 is 15.9 Å². The number of methoxy groups -OCH3 is 1. The second kappa shape index (κ2) is 8.04. The molecule has 0 radical (unpaired) electrons. The van der Waals surface area contributed by atoms with E-state index in [-0.39, 0.29) is 5.54 Å². The fraction of sp³-hybridized carbons (Fsp3) is 0.400. The van der Waals surface area contributed by atoms with Crippen LogP contribution in [0.25, 0.3) is 0 Å². The van der Waals surface area contributed by atoms with Gasteiger partial charge in [-0.25, -0.2) is 0 Å². The zero-order valence-corrected chi connectivity index (χ0v) is 16.7. The van der Waals surface area contributed by atoms with Crippen LogP contribution >= 0.6 is 15.9 Å². The van der Waals surface area contributed by atoms with Gasteiger partial charge in [-0.2, -0.15) is 0 Å². The van der Waals surface area contributed by atoms with Crippen LogP contribution in [0.5, 0.6) is 11.5 Å². The molecule has 0 saturated heterocycles. The first-order valence-electron chi connectivity index (χ1n) is 8.09. The Bertz CT molecular complexity index is 693. The normalized spacial score (nSPS) is 11.4. The van der Waals surface area contributed by atoms with Gasteiger partial charge >= 0.3 is 0 Å². The Labute approximate surface area is 153 Å². The molecule has 0 bridgehead atoms. The van der Waals surface area contributed by atoms with Gasteiger partial charge in [0.05, 0.1) is 11.6 Å². The highest BCUT2D eigenvalue weighted by Gasteiger charge is 2.14. The molecule has 4 heteroatoms. The molecule has 130 valence electrons. The van der Waals surface area contributed by atoms with Crippen molar-refractivity contribution in [3.05, 3.63) is 57.6 Å². The highest BCUT2D eigenvalue weighted by molar-refractivity contribution is 9.10. The van der Waals surface area contributed by atoms with Crippen LogP contribution in [-0.2, 0) is 13.2 Å². The number of rotatable bonds is 6. The lowest BCUT2D eigenvalue weighted by molar-refractivity contribution is 0.281. The maximum Gasteiger partial charge on any atom is 0.175 e. The molecule has 24 heavy (non-hydrogen) atoms. The van der Waals surface area contributed by atoms with E-state index in [0.29, 0.717) is 6.61 Å². The van der Waals surface area contributed by atoms with Crippen LogP contribution in [0.2, 0.25) is 0 Å². The van der Waals surface area contributed by atoms with E-state index < -0.39 is 0 Å². The average molecular weight is 392 g/mol. The molecule has 0 spiro atoms. The van der Waals surface area contributed by atoms with Crippen molar-refractivity contribution < 1.29 is 9.47 Å². The molecule has 1 N–H and O–H groups in total. The van der Waals surface area contributed by atoms with E-state index >= 15 is 0 Å². The highest BCUT2D eigenvalue weighted by Crippen LogP contribution is 2.37. The van der Waals surface area contributed by atoms with Crippen LogP contribution in [0.15, 0.2) is 40.9 Å². The van der Waals surface area contributed by atoms with Crippen molar-refractivity contribution in [2.75, 3.05) is 7.11 Å². The second-order valence-electron chi connectivity index (χ2n) is 6.93. The maximum atomic E-state index is 6.03. The summed E-state index contributed by atoms with van der Waals surface area (Å²) < 4.78 is 12.5. The fourth-order valence-electron chi connectivity index (χ4n) is 2.30. The van der Waals surface area contributed by atoms with E-state index in [9.17, 15) is 0 Å². The van der Waals surface area contributed by atoms with Crippen LogP contribution in [0.4, 0.5) is 0 Å². The molecular weight excluding hydrogens is 366 g/mol. The number of hydrogen-bond acceptors (Lipinski definition) is 3. The van der Waals surface area contributed by atoms with Gasteiger partial charge in [0.25, 0.3) is 0 Å². The van der Waals surface area contributed by atoms with E-state index in [1.54, 1.807) is 7.11 Å².